The lowest BCUT2D eigenvalue weighted by Crippen LogP contribution is -2.40. The molecule has 21 heavy (non-hydrogen) atoms. The number of carbonyl (C=O) groups excluding carboxylic acids is 1. The van der Waals surface area contributed by atoms with Gasteiger partial charge in [-0.15, -0.1) is 0 Å². The predicted octanol–water partition coefficient (Wildman–Crippen LogP) is -0.563. The van der Waals surface area contributed by atoms with Crippen LogP contribution in [0.15, 0.2) is 0 Å². The lowest BCUT2D eigenvalue weighted by Gasteiger charge is -2.22. The van der Waals surface area contributed by atoms with Gasteiger partial charge in [0, 0.05) is 19.1 Å². The molecule has 1 amide bonds. The topological polar surface area (TPSA) is 125 Å². The standard InChI is InChI=1S/C11H20N2O2.C2H2O4/c14-11(9-3-5-12-6-4-9)13-8-10-2-1-7-15-10;3-1(4)2(5)6/h9-10,12H,1-8H2,(H,13,14);(H,3,4)(H,5,6). The molecule has 0 aromatic rings. The van der Waals surface area contributed by atoms with E-state index >= 15 is 0 Å². The first kappa shape index (κ1) is 17.4. The number of amides is 1. The van der Waals surface area contributed by atoms with Crippen LogP contribution in [0.25, 0.3) is 0 Å². The molecule has 0 aromatic carbocycles. The highest BCUT2D eigenvalue weighted by molar-refractivity contribution is 6.27. The first-order valence-electron chi connectivity index (χ1n) is 7.07. The maximum atomic E-state index is 11.8. The fourth-order valence-electron chi connectivity index (χ4n) is 2.25. The third-order valence-corrected chi connectivity index (χ3v) is 3.42. The van der Waals surface area contributed by atoms with Gasteiger partial charge < -0.3 is 25.6 Å². The summed E-state index contributed by atoms with van der Waals surface area (Å²) in [4.78, 5) is 30.0. The van der Waals surface area contributed by atoms with E-state index in [1.165, 1.54) is 0 Å². The van der Waals surface area contributed by atoms with Gasteiger partial charge >= 0.3 is 11.9 Å². The number of carbonyl (C=O) groups is 3. The van der Waals surface area contributed by atoms with Crippen LogP contribution < -0.4 is 10.6 Å². The molecule has 1 atom stereocenters. The van der Waals surface area contributed by atoms with Crippen LogP contribution in [0, 0.1) is 5.92 Å². The highest BCUT2D eigenvalue weighted by Crippen LogP contribution is 2.13. The van der Waals surface area contributed by atoms with E-state index in [0.717, 1.165) is 45.4 Å². The Labute approximate surface area is 122 Å². The van der Waals surface area contributed by atoms with Gasteiger partial charge in [0.2, 0.25) is 5.91 Å². The first-order valence-corrected chi connectivity index (χ1v) is 7.07. The highest BCUT2D eigenvalue weighted by atomic mass is 16.5. The zero-order valence-corrected chi connectivity index (χ0v) is 11.8. The van der Waals surface area contributed by atoms with Gasteiger partial charge in [0.05, 0.1) is 6.10 Å². The smallest absolute Gasteiger partial charge is 0.414 e. The van der Waals surface area contributed by atoms with Gasteiger partial charge in [0.1, 0.15) is 0 Å². The van der Waals surface area contributed by atoms with Crippen LogP contribution in [-0.2, 0) is 19.1 Å². The average molecular weight is 302 g/mol. The molecular weight excluding hydrogens is 280 g/mol. The molecule has 120 valence electrons. The molecule has 2 aliphatic rings. The quantitative estimate of drug-likeness (QED) is 0.515. The van der Waals surface area contributed by atoms with Crippen LogP contribution in [0.5, 0.6) is 0 Å². The lowest BCUT2D eigenvalue weighted by molar-refractivity contribution is -0.159. The van der Waals surface area contributed by atoms with Crippen molar-refractivity contribution in [3.63, 3.8) is 0 Å². The third kappa shape index (κ3) is 7.05. The largest absolute Gasteiger partial charge is 0.473 e. The molecule has 2 rings (SSSR count). The minimum Gasteiger partial charge on any atom is -0.473 e. The van der Waals surface area contributed by atoms with Gasteiger partial charge in [-0.3, -0.25) is 4.79 Å². The second kappa shape index (κ2) is 9.30. The molecule has 8 heteroatoms. The number of hydrogen-bond acceptors (Lipinski definition) is 5. The molecule has 4 N–H and O–H groups in total. The summed E-state index contributed by atoms with van der Waals surface area (Å²) >= 11 is 0. The molecule has 1 unspecified atom stereocenters. The van der Waals surface area contributed by atoms with Gasteiger partial charge in [-0.1, -0.05) is 0 Å². The second-order valence-corrected chi connectivity index (χ2v) is 5.01. The molecule has 2 heterocycles. The first-order chi connectivity index (χ1) is 10.0. The SMILES string of the molecule is O=C(NCC1CCCO1)C1CCNCC1.O=C(O)C(=O)O. The average Bonchev–Trinajstić information content (AvgIpc) is 2.99. The lowest BCUT2D eigenvalue weighted by atomic mass is 9.97. The van der Waals surface area contributed by atoms with Crippen LogP contribution in [0.3, 0.4) is 0 Å². The van der Waals surface area contributed by atoms with E-state index in [0.29, 0.717) is 6.54 Å². The van der Waals surface area contributed by atoms with E-state index in [9.17, 15) is 4.79 Å². The fourth-order valence-corrected chi connectivity index (χ4v) is 2.25. The van der Waals surface area contributed by atoms with E-state index in [1.54, 1.807) is 0 Å². The van der Waals surface area contributed by atoms with Crippen LogP contribution in [-0.4, -0.2) is 60.4 Å². The summed E-state index contributed by atoms with van der Waals surface area (Å²) in [6.45, 7) is 3.49. The molecular formula is C13H22N2O6. The molecule has 0 aliphatic carbocycles. The van der Waals surface area contributed by atoms with Crippen molar-refractivity contribution in [3.8, 4) is 0 Å². The van der Waals surface area contributed by atoms with Crippen molar-refractivity contribution in [2.45, 2.75) is 31.8 Å². The van der Waals surface area contributed by atoms with Crippen molar-refractivity contribution in [2.75, 3.05) is 26.2 Å². The molecule has 0 spiro atoms. The van der Waals surface area contributed by atoms with E-state index in [1.807, 2.05) is 0 Å². The number of nitrogens with one attached hydrogen (secondary N) is 2. The number of hydrogen-bond donors (Lipinski definition) is 4. The Bertz CT molecular complexity index is 350. The van der Waals surface area contributed by atoms with Crippen molar-refractivity contribution >= 4 is 17.8 Å². The van der Waals surface area contributed by atoms with Crippen LogP contribution in [0.4, 0.5) is 0 Å². The summed E-state index contributed by atoms with van der Waals surface area (Å²) in [5.74, 6) is -3.22. The Balaban J connectivity index is 0.000000315. The Kier molecular flexibility index (Phi) is 7.70. The number of piperidine rings is 1. The molecule has 2 fully saturated rings. The van der Waals surface area contributed by atoms with Crippen molar-refractivity contribution in [1.29, 1.82) is 0 Å². The number of ether oxygens (including phenoxy) is 1. The number of carboxylic acid groups (broad SMARTS) is 2. The zero-order valence-electron chi connectivity index (χ0n) is 11.8. The second-order valence-electron chi connectivity index (χ2n) is 5.01. The molecule has 2 saturated heterocycles. The van der Waals surface area contributed by atoms with Crippen molar-refractivity contribution in [2.24, 2.45) is 5.92 Å². The maximum Gasteiger partial charge on any atom is 0.414 e. The van der Waals surface area contributed by atoms with Crippen LogP contribution >= 0.6 is 0 Å². The molecule has 0 aromatic heterocycles. The van der Waals surface area contributed by atoms with E-state index < -0.39 is 11.9 Å². The van der Waals surface area contributed by atoms with Crippen molar-refractivity contribution in [1.82, 2.24) is 10.6 Å². The van der Waals surface area contributed by atoms with Crippen molar-refractivity contribution in [3.05, 3.63) is 0 Å². The van der Waals surface area contributed by atoms with Gasteiger partial charge in [0.25, 0.3) is 0 Å². The van der Waals surface area contributed by atoms with Gasteiger partial charge in [-0.2, -0.15) is 0 Å². The summed E-state index contributed by atoms with van der Waals surface area (Å²) < 4.78 is 5.46. The van der Waals surface area contributed by atoms with E-state index in [2.05, 4.69) is 10.6 Å². The Hall–Kier alpha value is -1.67. The molecule has 0 bridgehead atoms. The third-order valence-electron chi connectivity index (χ3n) is 3.42. The van der Waals surface area contributed by atoms with E-state index in [-0.39, 0.29) is 17.9 Å². The Morgan fingerprint density at radius 3 is 2.19 bits per heavy atom. The molecule has 0 radical (unpaired) electrons. The van der Waals surface area contributed by atoms with Crippen LogP contribution in [0.1, 0.15) is 25.7 Å². The minimum atomic E-state index is -1.82. The number of aliphatic carboxylic acids is 2. The summed E-state index contributed by atoms with van der Waals surface area (Å²) in [7, 11) is 0. The minimum absolute atomic E-state index is 0.215. The van der Waals surface area contributed by atoms with Gasteiger partial charge in [-0.25, -0.2) is 9.59 Å². The summed E-state index contributed by atoms with van der Waals surface area (Å²) in [6.07, 6.45) is 4.42. The fraction of sp³-hybridized carbons (Fsp3) is 0.769. The number of rotatable bonds is 3. The summed E-state index contributed by atoms with van der Waals surface area (Å²) in [5.41, 5.74) is 0. The highest BCUT2D eigenvalue weighted by Gasteiger charge is 2.22. The summed E-state index contributed by atoms with van der Waals surface area (Å²) in [6, 6.07) is 0. The predicted molar refractivity (Wildman–Crippen MR) is 72.8 cm³/mol. The number of carboxylic acids is 2. The van der Waals surface area contributed by atoms with Crippen LogP contribution in [0.2, 0.25) is 0 Å². The Morgan fingerprint density at radius 2 is 1.71 bits per heavy atom. The Morgan fingerprint density at radius 1 is 1.10 bits per heavy atom. The van der Waals surface area contributed by atoms with Gasteiger partial charge in [0.15, 0.2) is 0 Å². The summed E-state index contributed by atoms with van der Waals surface area (Å²) in [5, 5.41) is 21.0. The van der Waals surface area contributed by atoms with Crippen molar-refractivity contribution < 1.29 is 29.3 Å². The zero-order chi connectivity index (χ0) is 15.7. The maximum absolute atomic E-state index is 11.8. The van der Waals surface area contributed by atoms with Gasteiger partial charge in [-0.05, 0) is 38.8 Å². The monoisotopic (exact) mass is 302 g/mol. The normalized spacial score (nSPS) is 22.0. The molecule has 0 saturated carbocycles. The molecule has 2 aliphatic heterocycles. The van der Waals surface area contributed by atoms with E-state index in [4.69, 9.17) is 24.5 Å². The molecule has 8 nitrogen and oxygen atoms in total.